The van der Waals surface area contributed by atoms with Crippen LogP contribution in [-0.2, 0) is 4.79 Å². The van der Waals surface area contributed by atoms with Gasteiger partial charge >= 0.3 is 20.4 Å². The minimum Gasteiger partial charge on any atom is -0.281 e. The van der Waals surface area contributed by atoms with Crippen molar-refractivity contribution >= 4 is 34.5 Å². The largest absolute Gasteiger partial charge is 0.450 e. The predicted molar refractivity (Wildman–Crippen MR) is 63.6 cm³/mol. The molecule has 2 radical (unpaired) electrons. The van der Waals surface area contributed by atoms with E-state index in [-0.39, 0.29) is 20.4 Å². The molecule has 2 aromatic carbocycles. The molecule has 0 saturated heterocycles. The second-order valence-electron chi connectivity index (χ2n) is 3.15. The zero-order chi connectivity index (χ0) is 10.9. The average molecular weight is 207 g/mol. The fourth-order valence-corrected chi connectivity index (χ4v) is 2.91. The van der Waals surface area contributed by atoms with Gasteiger partial charge in [-0.1, -0.05) is 60.7 Å². The molecule has 0 aliphatic rings. The highest BCUT2D eigenvalue weighted by atomic mass is 24.5. The van der Waals surface area contributed by atoms with Crippen molar-refractivity contribution in [2.75, 3.05) is 0 Å². The molecule has 0 heterocycles. The van der Waals surface area contributed by atoms with Crippen LogP contribution in [0.5, 0.6) is 0 Å². The Morgan fingerprint density at radius 3 is 1.33 bits per heavy atom. The summed E-state index contributed by atoms with van der Waals surface area (Å²) in [5.74, 6) is 0. The van der Waals surface area contributed by atoms with E-state index in [0.717, 1.165) is 0 Å². The SMILES string of the molecule is [C]=O.c1cc[c]([Mg][c]2ccccc2)cc1. The summed E-state index contributed by atoms with van der Waals surface area (Å²) in [6.07, 6.45) is 0. The van der Waals surface area contributed by atoms with Crippen LogP contribution in [-0.4, -0.2) is 27.2 Å². The molecule has 2 aromatic rings. The number of hydrogen-bond donors (Lipinski definition) is 0. The molecular weight excluding hydrogens is 196 g/mol. The van der Waals surface area contributed by atoms with Crippen LogP contribution in [0.3, 0.4) is 0 Å². The number of benzene rings is 2. The smallest absolute Gasteiger partial charge is 0.281 e. The quantitative estimate of drug-likeness (QED) is 0.669. The molecule has 0 aliphatic heterocycles. The third-order valence-electron chi connectivity index (χ3n) is 2.09. The number of hydrogen-bond acceptors (Lipinski definition) is 1. The lowest BCUT2D eigenvalue weighted by Gasteiger charge is -1.98. The fraction of sp³-hybridized carbons (Fsp3) is 0. The highest BCUT2D eigenvalue weighted by Crippen LogP contribution is 1.84. The van der Waals surface area contributed by atoms with Crippen molar-refractivity contribution < 1.29 is 4.79 Å². The van der Waals surface area contributed by atoms with Gasteiger partial charge in [0.2, 0.25) is 0 Å². The Labute approximate surface area is 99.9 Å². The van der Waals surface area contributed by atoms with Gasteiger partial charge < -0.3 is 0 Å². The normalized spacial score (nSPS) is 8.27. The summed E-state index contributed by atoms with van der Waals surface area (Å²) in [6, 6.07) is 21.5. The van der Waals surface area contributed by atoms with E-state index < -0.39 is 0 Å². The molecule has 0 N–H and O–H groups in total. The monoisotopic (exact) mass is 206 g/mol. The summed E-state index contributed by atoms with van der Waals surface area (Å²) in [6.45, 7) is 4.50. The maximum atomic E-state index is 7.50. The zero-order valence-electron chi connectivity index (χ0n) is 8.39. The lowest BCUT2D eigenvalue weighted by Crippen LogP contribution is -2.26. The van der Waals surface area contributed by atoms with Gasteiger partial charge in [0, 0.05) is 0 Å². The highest BCUT2D eigenvalue weighted by molar-refractivity contribution is 6.67. The lowest BCUT2D eigenvalue weighted by molar-refractivity contribution is 0.574. The molecule has 15 heavy (non-hydrogen) atoms. The molecule has 70 valence electrons. The summed E-state index contributed by atoms with van der Waals surface area (Å²) in [5.41, 5.74) is 0. The molecule has 0 bridgehead atoms. The van der Waals surface area contributed by atoms with Gasteiger partial charge in [0.15, 0.2) is 0 Å². The maximum Gasteiger partial charge on any atom is 0.450 e. The van der Waals surface area contributed by atoms with Gasteiger partial charge in [-0.3, -0.25) is 4.79 Å². The van der Waals surface area contributed by atoms with E-state index >= 15 is 0 Å². The van der Waals surface area contributed by atoms with Gasteiger partial charge in [0.25, 0.3) is 6.79 Å². The topological polar surface area (TPSA) is 17.1 Å². The van der Waals surface area contributed by atoms with Crippen LogP contribution in [0.1, 0.15) is 0 Å². The Morgan fingerprint density at radius 2 is 1.00 bits per heavy atom. The van der Waals surface area contributed by atoms with E-state index in [1.165, 1.54) is 7.39 Å². The molecule has 0 amide bonds. The van der Waals surface area contributed by atoms with Crippen molar-refractivity contribution in [3.05, 3.63) is 60.7 Å². The minimum atomic E-state index is -0.234. The van der Waals surface area contributed by atoms with E-state index in [1.54, 1.807) is 0 Å². The van der Waals surface area contributed by atoms with Gasteiger partial charge in [-0.2, -0.15) is 7.39 Å². The third-order valence-corrected chi connectivity index (χ3v) is 3.85. The summed E-state index contributed by atoms with van der Waals surface area (Å²) >= 11 is -0.234. The zero-order valence-corrected chi connectivity index (χ0v) is 9.80. The van der Waals surface area contributed by atoms with Crippen LogP contribution in [0, 0.1) is 0 Å². The number of rotatable bonds is 2. The molecule has 2 rings (SSSR count). The molecule has 0 spiro atoms. The van der Waals surface area contributed by atoms with Gasteiger partial charge in [0.05, 0.1) is 0 Å². The Balaban J connectivity index is 0.000000531. The highest BCUT2D eigenvalue weighted by Gasteiger charge is 1.99. The van der Waals surface area contributed by atoms with E-state index in [0.29, 0.717) is 0 Å². The number of carbonyl (C=O) groups excluding carboxylic acids is 1. The van der Waals surface area contributed by atoms with Crippen LogP contribution in [0.4, 0.5) is 0 Å². The summed E-state index contributed by atoms with van der Waals surface area (Å²) in [7, 11) is 0. The molecule has 0 fully saturated rings. The summed E-state index contributed by atoms with van der Waals surface area (Å²) in [4.78, 5) is 7.50. The first-order valence-corrected chi connectivity index (χ1v) is 6.15. The molecule has 0 unspecified atom stereocenters. The molecule has 0 atom stereocenters. The van der Waals surface area contributed by atoms with E-state index in [2.05, 4.69) is 67.5 Å². The van der Waals surface area contributed by atoms with Gasteiger partial charge in [0.1, 0.15) is 0 Å². The average Bonchev–Trinajstić information content (AvgIpc) is 2.34. The van der Waals surface area contributed by atoms with Crippen LogP contribution < -0.4 is 7.39 Å². The van der Waals surface area contributed by atoms with E-state index in [9.17, 15) is 0 Å². The fourth-order valence-electron chi connectivity index (χ4n) is 1.43. The standard InChI is InChI=1S/2C6H5.CO.Mg/c2*1-2-4-6-5-3-1;1-2;/h2*1-5H;;. The van der Waals surface area contributed by atoms with Crippen molar-refractivity contribution in [1.29, 1.82) is 0 Å². The minimum absolute atomic E-state index is 0.234. The predicted octanol–water partition coefficient (Wildman–Crippen LogP) is 0.944. The van der Waals surface area contributed by atoms with Gasteiger partial charge in [-0.15, -0.1) is 0 Å². The molecule has 0 saturated carbocycles. The molecule has 2 heteroatoms. The Morgan fingerprint density at radius 1 is 0.667 bits per heavy atom. The molecule has 0 aliphatic carbocycles. The maximum absolute atomic E-state index is 7.50. The van der Waals surface area contributed by atoms with E-state index in [4.69, 9.17) is 4.79 Å². The van der Waals surface area contributed by atoms with Crippen LogP contribution in [0.2, 0.25) is 0 Å². The first-order chi connectivity index (χ1) is 7.45. The van der Waals surface area contributed by atoms with Crippen LogP contribution >= 0.6 is 0 Å². The van der Waals surface area contributed by atoms with Crippen molar-refractivity contribution in [1.82, 2.24) is 0 Å². The molecule has 0 aromatic heterocycles. The lowest BCUT2D eigenvalue weighted by atomic mass is 10.4. The van der Waals surface area contributed by atoms with Crippen LogP contribution in [0.25, 0.3) is 0 Å². The van der Waals surface area contributed by atoms with E-state index in [1.807, 2.05) is 0 Å². The van der Waals surface area contributed by atoms with Crippen molar-refractivity contribution in [2.24, 2.45) is 0 Å². The van der Waals surface area contributed by atoms with Crippen LogP contribution in [0.15, 0.2) is 60.7 Å². The third kappa shape index (κ3) is 4.27. The second-order valence-corrected chi connectivity index (χ2v) is 5.13. The Kier molecular flexibility index (Phi) is 5.74. The molecular formula is C13H10MgO. The van der Waals surface area contributed by atoms with Gasteiger partial charge in [-0.05, 0) is 0 Å². The first kappa shape index (κ1) is 11.9. The second kappa shape index (κ2) is 7.21. The Hall–Kier alpha value is -1.12. The van der Waals surface area contributed by atoms with Crippen molar-refractivity contribution in [3.63, 3.8) is 0 Å². The van der Waals surface area contributed by atoms with Crippen molar-refractivity contribution in [2.45, 2.75) is 0 Å². The van der Waals surface area contributed by atoms with Crippen molar-refractivity contribution in [3.8, 4) is 0 Å². The first-order valence-electron chi connectivity index (χ1n) is 4.73. The van der Waals surface area contributed by atoms with Gasteiger partial charge in [-0.25, -0.2) is 0 Å². The summed E-state index contributed by atoms with van der Waals surface area (Å²) < 4.78 is 3.02. The molecule has 1 nitrogen and oxygen atoms in total. The summed E-state index contributed by atoms with van der Waals surface area (Å²) in [5, 5.41) is 0. The Bertz CT molecular complexity index is 335.